The van der Waals surface area contributed by atoms with E-state index in [-0.39, 0.29) is 13.0 Å². The van der Waals surface area contributed by atoms with Crippen molar-refractivity contribution in [3.05, 3.63) is 128 Å². The predicted molar refractivity (Wildman–Crippen MR) is 178 cm³/mol. The molecule has 0 aliphatic carbocycles. The number of unbranched alkanes of at least 4 members (excludes halogenated alkanes) is 1. The topological polar surface area (TPSA) is 130 Å². The smallest absolute Gasteiger partial charge is 0.497 e. The van der Waals surface area contributed by atoms with Gasteiger partial charge in [0.15, 0.2) is 0 Å². The minimum atomic E-state index is -2.23. The average Bonchev–Trinajstić information content (AvgIpc) is 3.49. The van der Waals surface area contributed by atoms with Crippen LogP contribution < -0.4 is 25.8 Å². The number of rotatable bonds is 15. The van der Waals surface area contributed by atoms with Crippen molar-refractivity contribution in [3.63, 3.8) is 0 Å². The molecule has 1 saturated heterocycles. The summed E-state index contributed by atoms with van der Waals surface area (Å²) in [4.78, 5) is 27.3. The third kappa shape index (κ3) is 7.72. The molecule has 1 aromatic heterocycles. The number of hydrogen-bond acceptors (Lipinski definition) is 8. The van der Waals surface area contributed by atoms with Crippen molar-refractivity contribution in [2.45, 2.75) is 57.1 Å². The number of aryl methyl sites for hydroxylation is 1. The highest BCUT2D eigenvalue weighted by atomic mass is 31.1. The van der Waals surface area contributed by atoms with Gasteiger partial charge in [-0.3, -0.25) is 14.3 Å². The SMILES string of the molecule is CCCCN[P+](=O)O[C@H]1C[C@H](n2cc(C)c(=O)[nH]c2=O)O[C@@H]1COC(c1ccccc1)(c1ccc(OC)cc1)c1ccc(OC)cc1. The van der Waals surface area contributed by atoms with Crippen molar-refractivity contribution < 1.29 is 28.0 Å². The van der Waals surface area contributed by atoms with Gasteiger partial charge < -0.3 is 18.9 Å². The van der Waals surface area contributed by atoms with Crippen LogP contribution in [-0.2, 0) is 24.2 Å². The molecular formula is C35H41N3O8P+. The summed E-state index contributed by atoms with van der Waals surface area (Å²) in [6.45, 7) is 4.20. The highest BCUT2D eigenvalue weighted by Gasteiger charge is 2.46. The van der Waals surface area contributed by atoms with Crippen molar-refractivity contribution in [3.8, 4) is 11.5 Å². The summed E-state index contributed by atoms with van der Waals surface area (Å²) in [5.74, 6) is 1.39. The molecule has 1 aliphatic rings. The normalized spacial score (nSPS) is 18.2. The van der Waals surface area contributed by atoms with Crippen molar-refractivity contribution in [1.82, 2.24) is 14.6 Å². The minimum Gasteiger partial charge on any atom is -0.497 e. The standard InChI is InChI=1S/C35H40N3O8P/c1-5-6-20-36-47(41)46-30-21-32(38-22-24(2)33(39)37-34(38)40)45-31(30)23-44-35(25-10-8-7-9-11-25,26-12-16-28(42-3)17-13-26)27-14-18-29(43-4)19-15-27/h7-19,22,30-32H,5-6,20-21,23H2,1-4H3,(H-,36,37,39,40,41)/p+1/t30-,31+,32+/m0/s1. The maximum Gasteiger partial charge on any atom is 0.613 e. The van der Waals surface area contributed by atoms with Crippen molar-refractivity contribution in [1.29, 1.82) is 0 Å². The van der Waals surface area contributed by atoms with E-state index in [2.05, 4.69) is 10.1 Å². The van der Waals surface area contributed by atoms with E-state index in [1.807, 2.05) is 85.8 Å². The van der Waals surface area contributed by atoms with Gasteiger partial charge in [0.1, 0.15) is 35.5 Å². The molecule has 0 bridgehead atoms. The van der Waals surface area contributed by atoms with Gasteiger partial charge in [0.25, 0.3) is 5.56 Å². The Kier molecular flexibility index (Phi) is 11.4. The lowest BCUT2D eigenvalue weighted by Crippen LogP contribution is -2.38. The van der Waals surface area contributed by atoms with Gasteiger partial charge in [0.05, 0.1) is 20.8 Å². The van der Waals surface area contributed by atoms with E-state index in [0.29, 0.717) is 23.6 Å². The maximum absolute atomic E-state index is 13.0. The molecule has 11 nitrogen and oxygen atoms in total. The summed E-state index contributed by atoms with van der Waals surface area (Å²) >= 11 is 0. The molecular weight excluding hydrogens is 621 g/mol. The van der Waals surface area contributed by atoms with Crippen LogP contribution in [0.5, 0.6) is 11.5 Å². The van der Waals surface area contributed by atoms with Crippen LogP contribution in [0.15, 0.2) is 94.6 Å². The van der Waals surface area contributed by atoms with Crippen molar-refractivity contribution in [2.24, 2.45) is 0 Å². The van der Waals surface area contributed by atoms with Gasteiger partial charge in [-0.15, -0.1) is 4.52 Å². The fraction of sp³-hybridized carbons (Fsp3) is 0.371. The lowest BCUT2D eigenvalue weighted by Gasteiger charge is -2.37. The summed E-state index contributed by atoms with van der Waals surface area (Å²) in [5, 5.41) is 2.94. The number of methoxy groups -OCH3 is 2. The monoisotopic (exact) mass is 662 g/mol. The molecule has 248 valence electrons. The Balaban J connectivity index is 1.55. The van der Waals surface area contributed by atoms with Gasteiger partial charge in [-0.05, 0) is 58.9 Å². The van der Waals surface area contributed by atoms with E-state index in [9.17, 15) is 14.2 Å². The van der Waals surface area contributed by atoms with Crippen LogP contribution in [-0.4, -0.2) is 49.1 Å². The molecule has 3 aromatic carbocycles. The van der Waals surface area contributed by atoms with E-state index in [1.165, 1.54) is 10.8 Å². The molecule has 2 N–H and O–H groups in total. The van der Waals surface area contributed by atoms with Crippen LogP contribution in [0.1, 0.15) is 54.7 Å². The summed E-state index contributed by atoms with van der Waals surface area (Å²) < 4.78 is 44.7. The number of benzene rings is 3. The summed E-state index contributed by atoms with van der Waals surface area (Å²) in [5.41, 5.74) is 0.696. The second kappa shape index (κ2) is 15.6. The van der Waals surface area contributed by atoms with E-state index < -0.39 is 43.5 Å². The Labute approximate surface area is 274 Å². The molecule has 0 radical (unpaired) electrons. The predicted octanol–water partition coefficient (Wildman–Crippen LogP) is 5.59. The van der Waals surface area contributed by atoms with Gasteiger partial charge >= 0.3 is 13.9 Å². The molecule has 4 aromatic rings. The largest absolute Gasteiger partial charge is 0.613 e. The van der Waals surface area contributed by atoms with Crippen LogP contribution in [0.25, 0.3) is 0 Å². The summed E-state index contributed by atoms with van der Waals surface area (Å²) in [6.07, 6.45) is 1.24. The first-order valence-electron chi connectivity index (χ1n) is 15.6. The number of aromatic amines is 1. The average molecular weight is 663 g/mol. The Morgan fingerprint density at radius 3 is 2.11 bits per heavy atom. The molecule has 1 unspecified atom stereocenters. The fourth-order valence-electron chi connectivity index (χ4n) is 5.72. The number of nitrogens with one attached hydrogen (secondary N) is 2. The molecule has 0 saturated carbocycles. The Morgan fingerprint density at radius 1 is 0.936 bits per heavy atom. The quantitative estimate of drug-likeness (QED) is 0.0951. The first-order valence-corrected chi connectivity index (χ1v) is 16.8. The molecule has 0 amide bonds. The lowest BCUT2D eigenvalue weighted by atomic mass is 9.80. The van der Waals surface area contributed by atoms with E-state index >= 15 is 0 Å². The fourth-order valence-corrected chi connectivity index (χ4v) is 6.60. The molecule has 47 heavy (non-hydrogen) atoms. The highest BCUT2D eigenvalue weighted by molar-refractivity contribution is 7.36. The number of ether oxygens (including phenoxy) is 4. The first-order chi connectivity index (χ1) is 22.8. The zero-order valence-electron chi connectivity index (χ0n) is 27.0. The Bertz CT molecular complexity index is 1690. The first kappa shape index (κ1) is 34.2. The molecule has 1 aliphatic heterocycles. The van der Waals surface area contributed by atoms with Crippen LogP contribution >= 0.6 is 8.18 Å². The highest BCUT2D eigenvalue weighted by Crippen LogP contribution is 2.43. The third-order valence-corrected chi connectivity index (χ3v) is 9.22. The Hall–Kier alpha value is -4.12. The van der Waals surface area contributed by atoms with Gasteiger partial charge in [-0.2, -0.15) is 0 Å². The van der Waals surface area contributed by atoms with Crippen LogP contribution in [0.4, 0.5) is 0 Å². The van der Waals surface area contributed by atoms with Gasteiger partial charge in [0.2, 0.25) is 0 Å². The molecule has 4 atom stereocenters. The molecule has 2 heterocycles. The van der Waals surface area contributed by atoms with Crippen molar-refractivity contribution >= 4 is 8.18 Å². The Morgan fingerprint density at radius 2 is 1.53 bits per heavy atom. The zero-order chi connectivity index (χ0) is 33.4. The molecule has 12 heteroatoms. The second-order valence-electron chi connectivity index (χ2n) is 11.3. The summed E-state index contributed by atoms with van der Waals surface area (Å²) in [7, 11) is 1.00. The number of H-pyrrole nitrogens is 1. The van der Waals surface area contributed by atoms with Crippen LogP contribution in [0, 0.1) is 6.92 Å². The van der Waals surface area contributed by atoms with Crippen molar-refractivity contribution in [2.75, 3.05) is 27.4 Å². The molecule has 5 rings (SSSR count). The third-order valence-electron chi connectivity index (χ3n) is 8.28. The van der Waals surface area contributed by atoms with Gasteiger partial charge in [-0.25, -0.2) is 4.79 Å². The number of nitrogens with zero attached hydrogens (tertiary/aromatic N) is 1. The van der Waals surface area contributed by atoms with Crippen LogP contribution in [0.2, 0.25) is 0 Å². The van der Waals surface area contributed by atoms with E-state index in [0.717, 1.165) is 29.5 Å². The maximum atomic E-state index is 13.0. The number of aromatic nitrogens is 2. The molecule has 0 spiro atoms. The minimum absolute atomic E-state index is 0.00331. The second-order valence-corrected chi connectivity index (χ2v) is 12.4. The van der Waals surface area contributed by atoms with Gasteiger partial charge in [-0.1, -0.05) is 73.0 Å². The van der Waals surface area contributed by atoms with Gasteiger partial charge in [0, 0.05) is 24.7 Å². The van der Waals surface area contributed by atoms with E-state index in [4.69, 9.17) is 23.5 Å². The molecule has 1 fully saturated rings. The zero-order valence-corrected chi connectivity index (χ0v) is 27.9. The van der Waals surface area contributed by atoms with E-state index in [1.54, 1.807) is 21.1 Å². The lowest BCUT2D eigenvalue weighted by molar-refractivity contribution is -0.0912. The summed E-state index contributed by atoms with van der Waals surface area (Å²) in [6, 6.07) is 25.2. The number of hydrogen-bond donors (Lipinski definition) is 2. The van der Waals surface area contributed by atoms with Crippen LogP contribution in [0.3, 0.4) is 0 Å².